The van der Waals surface area contributed by atoms with E-state index in [4.69, 9.17) is 0 Å². The first-order chi connectivity index (χ1) is 9.22. The highest BCUT2D eigenvalue weighted by molar-refractivity contribution is 6.20. The normalized spacial score (nSPS) is 11.9. The molecule has 0 aromatic heterocycles. The van der Waals surface area contributed by atoms with E-state index in [1.54, 1.807) is 13.0 Å². The number of fused-ring (bicyclic) bond motifs is 1. The number of carbonyl (C=O) groups is 1. The van der Waals surface area contributed by atoms with Crippen molar-refractivity contribution in [1.82, 2.24) is 0 Å². The Morgan fingerprint density at radius 3 is 2.47 bits per heavy atom. The molecule has 0 aliphatic rings. The van der Waals surface area contributed by atoms with Crippen LogP contribution in [-0.2, 0) is 4.79 Å². The second-order valence-corrected chi connectivity index (χ2v) is 4.32. The van der Waals surface area contributed by atoms with Crippen LogP contribution in [0.4, 0.5) is 0 Å². The summed E-state index contributed by atoms with van der Waals surface area (Å²) in [5.41, 5.74) is 1.66. The fraction of sp³-hybridized carbons (Fsp3) is 0.0556. The number of Topliss-reactive ketones (excluding diaryl/α,β-unsaturated/α-hetero) is 1. The summed E-state index contributed by atoms with van der Waals surface area (Å²) < 4.78 is 0. The number of hydrogen-bond donors (Lipinski definition) is 0. The van der Waals surface area contributed by atoms with Crippen LogP contribution in [0.5, 0.6) is 0 Å². The van der Waals surface area contributed by atoms with E-state index in [2.05, 4.69) is 18.7 Å². The highest BCUT2D eigenvalue weighted by Gasteiger charge is 2.06. The van der Waals surface area contributed by atoms with Crippen molar-refractivity contribution >= 4 is 22.1 Å². The molecule has 2 rings (SSSR count). The van der Waals surface area contributed by atoms with Crippen molar-refractivity contribution in [3.05, 3.63) is 78.9 Å². The maximum atomic E-state index is 11.7. The molecule has 0 amide bonds. The number of hydrogen-bond acceptors (Lipinski definition) is 1. The second kappa shape index (κ2) is 5.96. The molecule has 0 saturated carbocycles. The second-order valence-electron chi connectivity index (χ2n) is 4.32. The van der Waals surface area contributed by atoms with Crippen molar-refractivity contribution in [3.8, 4) is 0 Å². The van der Waals surface area contributed by atoms with Gasteiger partial charge in [0.05, 0.1) is 0 Å². The van der Waals surface area contributed by atoms with E-state index in [9.17, 15) is 4.79 Å². The molecule has 0 radical (unpaired) electrons. The van der Waals surface area contributed by atoms with Gasteiger partial charge in [-0.3, -0.25) is 4.79 Å². The lowest BCUT2D eigenvalue weighted by atomic mass is 9.98. The third-order valence-corrected chi connectivity index (χ3v) is 2.95. The molecule has 0 unspecified atom stereocenters. The average molecular weight is 248 g/mol. The van der Waals surface area contributed by atoms with Gasteiger partial charge >= 0.3 is 0 Å². The van der Waals surface area contributed by atoms with Crippen molar-refractivity contribution in [2.75, 3.05) is 0 Å². The average Bonchev–Trinajstić information content (AvgIpc) is 2.43. The first-order valence-corrected chi connectivity index (χ1v) is 6.22. The Kier molecular flexibility index (Phi) is 4.09. The number of ketones is 1. The Balaban J connectivity index is 2.50. The highest BCUT2D eigenvalue weighted by Crippen LogP contribution is 2.22. The minimum atomic E-state index is 0.0593. The molecule has 0 aliphatic heterocycles. The first kappa shape index (κ1) is 13.0. The predicted molar refractivity (Wildman–Crippen MR) is 81.9 cm³/mol. The molecule has 94 valence electrons. The van der Waals surface area contributed by atoms with Crippen LogP contribution in [0.1, 0.15) is 12.5 Å². The molecule has 2 aromatic rings. The SMILES string of the molecule is C=CC=CC=C(C(C)=O)c1ccc2ccccc2c1. The summed E-state index contributed by atoms with van der Waals surface area (Å²) in [5.74, 6) is 0.0593. The van der Waals surface area contributed by atoms with Gasteiger partial charge < -0.3 is 0 Å². The van der Waals surface area contributed by atoms with E-state index in [1.807, 2.05) is 48.6 Å². The maximum absolute atomic E-state index is 11.7. The lowest BCUT2D eigenvalue weighted by Crippen LogP contribution is -1.95. The third-order valence-electron chi connectivity index (χ3n) is 2.95. The number of carbonyl (C=O) groups excluding carboxylic acids is 1. The Hall–Kier alpha value is -2.41. The van der Waals surface area contributed by atoms with E-state index in [0.717, 1.165) is 10.9 Å². The van der Waals surface area contributed by atoms with Gasteiger partial charge in [0.1, 0.15) is 0 Å². The largest absolute Gasteiger partial charge is 0.294 e. The van der Waals surface area contributed by atoms with Crippen LogP contribution in [0.25, 0.3) is 16.3 Å². The van der Waals surface area contributed by atoms with Crippen LogP contribution >= 0.6 is 0 Å². The van der Waals surface area contributed by atoms with E-state index in [1.165, 1.54) is 5.39 Å². The number of benzene rings is 2. The third kappa shape index (κ3) is 3.08. The van der Waals surface area contributed by atoms with Crippen molar-refractivity contribution in [2.45, 2.75) is 6.92 Å². The fourth-order valence-corrected chi connectivity index (χ4v) is 2.00. The van der Waals surface area contributed by atoms with E-state index < -0.39 is 0 Å². The van der Waals surface area contributed by atoms with Crippen LogP contribution in [-0.4, -0.2) is 5.78 Å². The summed E-state index contributed by atoms with van der Waals surface area (Å²) >= 11 is 0. The summed E-state index contributed by atoms with van der Waals surface area (Å²) in [4.78, 5) is 11.7. The Bertz CT molecular complexity index is 675. The fourth-order valence-electron chi connectivity index (χ4n) is 2.00. The van der Waals surface area contributed by atoms with Crippen LogP contribution < -0.4 is 0 Å². The van der Waals surface area contributed by atoms with Crippen molar-refractivity contribution in [3.63, 3.8) is 0 Å². The molecule has 0 spiro atoms. The molecule has 0 fully saturated rings. The lowest BCUT2D eigenvalue weighted by Gasteiger charge is -2.05. The molecule has 0 bridgehead atoms. The van der Waals surface area contributed by atoms with E-state index >= 15 is 0 Å². The zero-order valence-corrected chi connectivity index (χ0v) is 11.0. The molecule has 0 N–H and O–H groups in total. The smallest absolute Gasteiger partial charge is 0.160 e. The quantitative estimate of drug-likeness (QED) is 0.573. The van der Waals surface area contributed by atoms with Crippen LogP contribution in [0.2, 0.25) is 0 Å². The first-order valence-electron chi connectivity index (χ1n) is 6.22. The maximum Gasteiger partial charge on any atom is 0.160 e. The summed E-state index contributed by atoms with van der Waals surface area (Å²) in [6, 6.07) is 14.2. The molecule has 0 heterocycles. The molecule has 2 aromatic carbocycles. The standard InChI is InChI=1S/C18H16O/c1-3-4-5-10-18(14(2)19)17-12-11-15-8-6-7-9-16(15)13-17/h3-13H,1H2,2H3. The van der Waals surface area contributed by atoms with Gasteiger partial charge in [0, 0.05) is 5.57 Å². The van der Waals surface area contributed by atoms with Crippen molar-refractivity contribution in [1.29, 1.82) is 0 Å². The topological polar surface area (TPSA) is 17.1 Å². The van der Waals surface area contributed by atoms with Crippen molar-refractivity contribution in [2.24, 2.45) is 0 Å². The Labute approximate surface area is 113 Å². The zero-order chi connectivity index (χ0) is 13.7. The lowest BCUT2D eigenvalue weighted by molar-refractivity contribution is -0.111. The van der Waals surface area contributed by atoms with Gasteiger partial charge in [-0.2, -0.15) is 0 Å². The number of rotatable bonds is 4. The van der Waals surface area contributed by atoms with Gasteiger partial charge in [-0.25, -0.2) is 0 Å². The molecule has 1 nitrogen and oxygen atoms in total. The molecular formula is C18H16O. The zero-order valence-electron chi connectivity index (χ0n) is 11.0. The highest BCUT2D eigenvalue weighted by atomic mass is 16.1. The molecule has 19 heavy (non-hydrogen) atoms. The minimum absolute atomic E-state index is 0.0593. The van der Waals surface area contributed by atoms with Gasteiger partial charge in [0.15, 0.2) is 5.78 Å². The molecule has 1 heteroatoms. The minimum Gasteiger partial charge on any atom is -0.294 e. The summed E-state index contributed by atoms with van der Waals surface area (Å²) in [5, 5.41) is 2.32. The van der Waals surface area contributed by atoms with Crippen LogP contribution in [0, 0.1) is 0 Å². The van der Waals surface area contributed by atoms with Gasteiger partial charge in [0.25, 0.3) is 0 Å². The summed E-state index contributed by atoms with van der Waals surface area (Å²) in [7, 11) is 0. The Morgan fingerprint density at radius 2 is 1.79 bits per heavy atom. The van der Waals surface area contributed by atoms with Crippen LogP contribution in [0.15, 0.2) is 73.3 Å². The van der Waals surface area contributed by atoms with Crippen molar-refractivity contribution < 1.29 is 4.79 Å². The summed E-state index contributed by atoms with van der Waals surface area (Å²) in [6.45, 7) is 5.20. The number of allylic oxidation sites excluding steroid dienone is 5. The predicted octanol–water partition coefficient (Wildman–Crippen LogP) is 4.55. The molecule has 0 atom stereocenters. The molecule has 0 aliphatic carbocycles. The van der Waals surface area contributed by atoms with Gasteiger partial charge in [-0.15, -0.1) is 0 Å². The molecular weight excluding hydrogens is 232 g/mol. The van der Waals surface area contributed by atoms with E-state index in [0.29, 0.717) is 5.57 Å². The van der Waals surface area contributed by atoms with Crippen LogP contribution in [0.3, 0.4) is 0 Å². The van der Waals surface area contributed by atoms with E-state index in [-0.39, 0.29) is 5.78 Å². The van der Waals surface area contributed by atoms with Gasteiger partial charge in [0.2, 0.25) is 0 Å². The van der Waals surface area contributed by atoms with Gasteiger partial charge in [-0.1, -0.05) is 67.3 Å². The Morgan fingerprint density at radius 1 is 1.05 bits per heavy atom. The molecule has 0 saturated heterocycles. The van der Waals surface area contributed by atoms with Gasteiger partial charge in [-0.05, 0) is 29.3 Å². The summed E-state index contributed by atoms with van der Waals surface area (Å²) in [6.07, 6.45) is 7.16. The monoisotopic (exact) mass is 248 g/mol.